The molecule has 232 valence electrons. The molecule has 1 aromatic heterocycles. The van der Waals surface area contributed by atoms with Crippen LogP contribution in [0.4, 0.5) is 0 Å². The summed E-state index contributed by atoms with van der Waals surface area (Å²) in [4.78, 5) is 12.6. The molecule has 0 saturated heterocycles. The number of ether oxygens (including phenoxy) is 2. The van der Waals surface area contributed by atoms with Crippen molar-refractivity contribution in [1.29, 1.82) is 0 Å². The number of hydrogen-bond donors (Lipinski definition) is 0. The van der Waals surface area contributed by atoms with Gasteiger partial charge in [-0.3, -0.25) is 9.28 Å². The standard InChI is InChI=1S/C32H58N3O3S.HI/c1-5-7-9-11-12-13-14-15-16-17-18-19-20-24-30(36)38-28(3)35(4)25-22-23-29(27-35)31-32(34-39-33-31)37-26-21-10-8-6-2;/h23,28H,5-22,24-27H2,1-4H3;1H/q+1;/p-1. The maximum absolute atomic E-state index is 12.6. The largest absolute Gasteiger partial charge is 1.00 e. The van der Waals surface area contributed by atoms with Crippen LogP contribution < -0.4 is 28.7 Å². The summed E-state index contributed by atoms with van der Waals surface area (Å²) in [6.45, 7) is 8.93. The third-order valence-corrected chi connectivity index (χ3v) is 8.74. The van der Waals surface area contributed by atoms with Crippen molar-refractivity contribution in [2.24, 2.45) is 0 Å². The molecular weight excluding hydrogens is 633 g/mol. The number of halogens is 1. The Morgan fingerprint density at radius 2 is 1.43 bits per heavy atom. The fraction of sp³-hybridized carbons (Fsp3) is 0.844. The molecule has 1 aliphatic heterocycles. The van der Waals surface area contributed by atoms with Crippen molar-refractivity contribution in [1.82, 2.24) is 8.75 Å². The topological polar surface area (TPSA) is 61.3 Å². The Balaban J connectivity index is 0.00000800. The Kier molecular flexibility index (Phi) is 21.3. The van der Waals surface area contributed by atoms with Gasteiger partial charge in [-0.15, -0.1) is 4.37 Å². The number of quaternary nitrogens is 1. The molecule has 2 unspecified atom stereocenters. The second kappa shape index (κ2) is 22.8. The lowest BCUT2D eigenvalue weighted by Gasteiger charge is -2.41. The van der Waals surface area contributed by atoms with E-state index in [0.717, 1.165) is 50.0 Å². The van der Waals surface area contributed by atoms with E-state index in [1.165, 1.54) is 102 Å². The van der Waals surface area contributed by atoms with Gasteiger partial charge in [0.1, 0.15) is 12.2 Å². The number of rotatable bonds is 23. The lowest BCUT2D eigenvalue weighted by Crippen LogP contribution is -3.00. The minimum atomic E-state index is -0.187. The van der Waals surface area contributed by atoms with Crippen LogP contribution in [-0.2, 0) is 9.53 Å². The van der Waals surface area contributed by atoms with Gasteiger partial charge in [-0.05, 0) is 12.8 Å². The number of esters is 1. The zero-order valence-corrected chi connectivity index (χ0v) is 29.0. The van der Waals surface area contributed by atoms with Gasteiger partial charge >= 0.3 is 5.97 Å². The van der Waals surface area contributed by atoms with Crippen LogP contribution in [0.5, 0.6) is 5.88 Å². The lowest BCUT2D eigenvalue weighted by atomic mass is 10.0. The summed E-state index contributed by atoms with van der Waals surface area (Å²) < 4.78 is 21.6. The molecule has 0 amide bonds. The summed E-state index contributed by atoms with van der Waals surface area (Å²) in [5.41, 5.74) is 2.02. The van der Waals surface area contributed by atoms with Crippen LogP contribution in [-0.4, -0.2) is 52.2 Å². The highest BCUT2D eigenvalue weighted by molar-refractivity contribution is 6.99. The van der Waals surface area contributed by atoms with Gasteiger partial charge in [0.25, 0.3) is 5.88 Å². The Morgan fingerprint density at radius 1 is 0.875 bits per heavy atom. The van der Waals surface area contributed by atoms with Gasteiger partial charge in [-0.25, -0.2) is 0 Å². The molecule has 1 aromatic rings. The van der Waals surface area contributed by atoms with Crippen LogP contribution in [0.15, 0.2) is 6.08 Å². The average molecular weight is 692 g/mol. The Hall–Kier alpha value is -0.740. The monoisotopic (exact) mass is 691 g/mol. The molecule has 8 heteroatoms. The van der Waals surface area contributed by atoms with E-state index in [9.17, 15) is 4.79 Å². The number of unbranched alkanes of at least 4 members (excludes halogenated alkanes) is 15. The first-order chi connectivity index (χ1) is 19.0. The van der Waals surface area contributed by atoms with Crippen LogP contribution in [0, 0.1) is 0 Å². The molecule has 0 fully saturated rings. The van der Waals surface area contributed by atoms with Crippen LogP contribution in [0.2, 0.25) is 0 Å². The van der Waals surface area contributed by atoms with E-state index in [-0.39, 0.29) is 36.2 Å². The van der Waals surface area contributed by atoms with Crippen molar-refractivity contribution in [3.8, 4) is 5.88 Å². The third-order valence-electron chi connectivity index (χ3n) is 8.23. The Labute approximate surface area is 267 Å². The molecule has 6 nitrogen and oxygen atoms in total. The quantitative estimate of drug-likeness (QED) is 0.0601. The second-order valence-corrected chi connectivity index (χ2v) is 12.3. The van der Waals surface area contributed by atoms with Crippen LogP contribution >= 0.6 is 11.7 Å². The Morgan fingerprint density at radius 3 is 2.02 bits per heavy atom. The summed E-state index contributed by atoms with van der Waals surface area (Å²) in [5.74, 6) is 0.593. The third kappa shape index (κ3) is 14.9. The van der Waals surface area contributed by atoms with Crippen molar-refractivity contribution in [3.05, 3.63) is 11.8 Å². The number of carbonyl (C=O) groups excluding carboxylic acids is 1. The van der Waals surface area contributed by atoms with E-state index < -0.39 is 0 Å². The summed E-state index contributed by atoms with van der Waals surface area (Å²) in [7, 11) is 2.18. The molecule has 0 N–H and O–H groups in total. The van der Waals surface area contributed by atoms with Crippen LogP contribution in [0.1, 0.15) is 148 Å². The molecule has 0 aliphatic carbocycles. The molecule has 1 aliphatic rings. The van der Waals surface area contributed by atoms with E-state index in [1.54, 1.807) is 0 Å². The van der Waals surface area contributed by atoms with Gasteiger partial charge in [0.2, 0.25) is 6.23 Å². The lowest BCUT2D eigenvalue weighted by molar-refractivity contribution is -0.944. The van der Waals surface area contributed by atoms with E-state index >= 15 is 0 Å². The van der Waals surface area contributed by atoms with Gasteiger partial charge in [-0.1, -0.05) is 116 Å². The molecule has 40 heavy (non-hydrogen) atoms. The SMILES string of the molecule is CCCCCCCCCCCCCCCC(=O)OC(C)[N+]1(C)CCC=C(c2nsnc2OCCCCCC)C1.[I-]. The van der Waals surface area contributed by atoms with E-state index in [4.69, 9.17) is 9.47 Å². The minimum Gasteiger partial charge on any atom is -1.00 e. The normalized spacial score (nSPS) is 17.6. The first-order valence-corrected chi connectivity index (χ1v) is 16.9. The first-order valence-electron chi connectivity index (χ1n) is 16.2. The van der Waals surface area contributed by atoms with Gasteiger partial charge in [0.05, 0.1) is 31.9 Å². The first kappa shape index (κ1) is 37.3. The fourth-order valence-electron chi connectivity index (χ4n) is 5.38. The van der Waals surface area contributed by atoms with Crippen molar-refractivity contribution >= 4 is 23.3 Å². The summed E-state index contributed by atoms with van der Waals surface area (Å²) in [5, 5.41) is 0. The smallest absolute Gasteiger partial charge is 0.310 e. The highest BCUT2D eigenvalue weighted by Crippen LogP contribution is 2.31. The van der Waals surface area contributed by atoms with Crippen LogP contribution in [0.3, 0.4) is 0 Å². The molecule has 0 bridgehead atoms. The maximum Gasteiger partial charge on any atom is 0.310 e. The highest BCUT2D eigenvalue weighted by Gasteiger charge is 2.36. The van der Waals surface area contributed by atoms with Crippen molar-refractivity contribution in [2.75, 3.05) is 26.7 Å². The van der Waals surface area contributed by atoms with Gasteiger partial charge in [0.15, 0.2) is 0 Å². The summed E-state index contributed by atoms with van der Waals surface area (Å²) in [6.07, 6.45) is 25.2. The molecule has 0 spiro atoms. The molecule has 2 rings (SSSR count). The number of hydrogen-bond acceptors (Lipinski definition) is 6. The molecule has 0 saturated carbocycles. The van der Waals surface area contributed by atoms with Gasteiger partial charge in [-0.2, -0.15) is 4.37 Å². The van der Waals surface area contributed by atoms with Crippen molar-refractivity contribution in [2.45, 2.75) is 149 Å². The molecule has 2 heterocycles. The van der Waals surface area contributed by atoms with E-state index in [2.05, 4.69) is 35.7 Å². The molecular formula is C32H58IN3O3S. The number of nitrogens with zero attached hydrogens (tertiary/aromatic N) is 3. The van der Waals surface area contributed by atoms with Crippen LogP contribution in [0.25, 0.3) is 5.57 Å². The van der Waals surface area contributed by atoms with Gasteiger partial charge in [0, 0.05) is 25.3 Å². The van der Waals surface area contributed by atoms with E-state index in [1.807, 2.05) is 6.92 Å². The second-order valence-electron chi connectivity index (χ2n) is 11.8. The van der Waals surface area contributed by atoms with Crippen molar-refractivity contribution in [3.63, 3.8) is 0 Å². The average Bonchev–Trinajstić information content (AvgIpc) is 3.40. The Bertz CT molecular complexity index is 819. The number of aromatic nitrogens is 2. The fourth-order valence-corrected chi connectivity index (χ4v) is 5.91. The molecule has 0 aromatic carbocycles. The summed E-state index contributed by atoms with van der Waals surface area (Å²) in [6, 6.07) is 0. The summed E-state index contributed by atoms with van der Waals surface area (Å²) >= 11 is 1.21. The predicted octanol–water partition coefficient (Wildman–Crippen LogP) is 6.11. The van der Waals surface area contributed by atoms with Crippen molar-refractivity contribution < 1.29 is 42.7 Å². The highest BCUT2D eigenvalue weighted by atomic mass is 127. The molecule has 0 radical (unpaired) electrons. The minimum absolute atomic E-state index is 0. The predicted molar refractivity (Wildman–Crippen MR) is 164 cm³/mol. The zero-order chi connectivity index (χ0) is 28.2. The zero-order valence-electron chi connectivity index (χ0n) is 26.1. The maximum atomic E-state index is 12.6. The van der Waals surface area contributed by atoms with Gasteiger partial charge < -0.3 is 33.5 Å². The number of carbonyl (C=O) groups is 1. The number of likely N-dealkylation sites (N-methyl/N-ethyl adjacent to an activating group) is 1. The van der Waals surface area contributed by atoms with E-state index in [0.29, 0.717) is 23.4 Å². The molecule has 2 atom stereocenters.